The van der Waals surface area contributed by atoms with Crippen molar-refractivity contribution >= 4 is 5.91 Å². The second kappa shape index (κ2) is 3.69. The second-order valence-electron chi connectivity index (χ2n) is 4.36. The van der Waals surface area contributed by atoms with Crippen LogP contribution in [0.2, 0.25) is 0 Å². The van der Waals surface area contributed by atoms with Crippen molar-refractivity contribution in [1.82, 2.24) is 5.32 Å². The van der Waals surface area contributed by atoms with Gasteiger partial charge in [-0.05, 0) is 37.5 Å². The van der Waals surface area contributed by atoms with Crippen LogP contribution >= 0.6 is 0 Å². The lowest BCUT2D eigenvalue weighted by molar-refractivity contribution is 0.0939. The molecule has 2 heteroatoms. The lowest BCUT2D eigenvalue weighted by Crippen LogP contribution is -2.35. The summed E-state index contributed by atoms with van der Waals surface area (Å²) in [5.74, 6) is 0.569. The standard InChI is InChI=1S/C13H17NO/c1-4-10-7-14-13(15)11-6-8(2)5-9(3)12(10)11/h5-6,10H,4,7H2,1-3H3,(H,14,15). The molecule has 0 saturated heterocycles. The monoisotopic (exact) mass is 203 g/mol. The van der Waals surface area contributed by atoms with Crippen LogP contribution in [0.3, 0.4) is 0 Å². The van der Waals surface area contributed by atoms with Crippen LogP contribution in [-0.4, -0.2) is 12.5 Å². The highest BCUT2D eigenvalue weighted by Crippen LogP contribution is 2.30. The van der Waals surface area contributed by atoms with Crippen LogP contribution < -0.4 is 5.32 Å². The Balaban J connectivity index is 2.61. The maximum Gasteiger partial charge on any atom is 0.251 e. The van der Waals surface area contributed by atoms with E-state index in [9.17, 15) is 4.79 Å². The van der Waals surface area contributed by atoms with Gasteiger partial charge in [0.2, 0.25) is 0 Å². The van der Waals surface area contributed by atoms with Gasteiger partial charge in [-0.15, -0.1) is 0 Å². The summed E-state index contributed by atoms with van der Waals surface area (Å²) < 4.78 is 0. The summed E-state index contributed by atoms with van der Waals surface area (Å²) in [7, 11) is 0. The zero-order chi connectivity index (χ0) is 11.0. The van der Waals surface area contributed by atoms with E-state index in [1.165, 1.54) is 11.1 Å². The van der Waals surface area contributed by atoms with E-state index in [4.69, 9.17) is 0 Å². The van der Waals surface area contributed by atoms with Crippen molar-refractivity contribution < 1.29 is 4.79 Å². The lowest BCUT2D eigenvalue weighted by atomic mass is 9.84. The number of hydrogen-bond acceptors (Lipinski definition) is 1. The van der Waals surface area contributed by atoms with E-state index in [2.05, 4.69) is 25.2 Å². The first-order chi connectivity index (χ1) is 7.13. The molecule has 0 radical (unpaired) electrons. The normalized spacial score (nSPS) is 19.7. The summed E-state index contributed by atoms with van der Waals surface area (Å²) >= 11 is 0. The van der Waals surface area contributed by atoms with Crippen LogP contribution in [0.5, 0.6) is 0 Å². The minimum absolute atomic E-state index is 0.0847. The van der Waals surface area contributed by atoms with Crippen LogP contribution in [0.1, 0.15) is 46.3 Å². The molecule has 1 aromatic carbocycles. The molecule has 1 unspecified atom stereocenters. The SMILES string of the molecule is CCC1CNC(=O)c2cc(C)cc(C)c21. The number of benzene rings is 1. The molecule has 0 aliphatic carbocycles. The molecule has 1 atom stereocenters. The topological polar surface area (TPSA) is 29.1 Å². The maximum atomic E-state index is 11.7. The number of aryl methyl sites for hydroxylation is 2. The molecule has 15 heavy (non-hydrogen) atoms. The molecule has 0 saturated carbocycles. The number of fused-ring (bicyclic) bond motifs is 1. The van der Waals surface area contributed by atoms with Gasteiger partial charge in [-0.3, -0.25) is 4.79 Å². The number of nitrogens with one attached hydrogen (secondary N) is 1. The maximum absolute atomic E-state index is 11.7. The first-order valence-corrected chi connectivity index (χ1v) is 5.52. The summed E-state index contributed by atoms with van der Waals surface area (Å²) in [6, 6.07) is 4.17. The Morgan fingerprint density at radius 2 is 2.13 bits per heavy atom. The van der Waals surface area contributed by atoms with Crippen molar-refractivity contribution in [3.8, 4) is 0 Å². The third-order valence-electron chi connectivity index (χ3n) is 3.19. The Kier molecular flexibility index (Phi) is 2.51. The molecular weight excluding hydrogens is 186 g/mol. The number of rotatable bonds is 1. The molecular formula is C13H17NO. The van der Waals surface area contributed by atoms with Crippen molar-refractivity contribution in [2.45, 2.75) is 33.1 Å². The van der Waals surface area contributed by atoms with E-state index >= 15 is 0 Å². The molecule has 1 heterocycles. The van der Waals surface area contributed by atoms with Gasteiger partial charge in [0.05, 0.1) is 0 Å². The van der Waals surface area contributed by atoms with Gasteiger partial charge in [0, 0.05) is 18.0 Å². The average molecular weight is 203 g/mol. The predicted octanol–water partition coefficient (Wildman–Crippen LogP) is 2.54. The Hall–Kier alpha value is -1.31. The van der Waals surface area contributed by atoms with Gasteiger partial charge in [-0.25, -0.2) is 0 Å². The summed E-state index contributed by atoms with van der Waals surface area (Å²) in [4.78, 5) is 11.7. The van der Waals surface area contributed by atoms with Gasteiger partial charge in [0.1, 0.15) is 0 Å². The predicted molar refractivity (Wildman–Crippen MR) is 61.3 cm³/mol. The van der Waals surface area contributed by atoms with Gasteiger partial charge in [-0.1, -0.05) is 18.6 Å². The summed E-state index contributed by atoms with van der Waals surface area (Å²) in [5, 5.41) is 2.95. The smallest absolute Gasteiger partial charge is 0.251 e. The molecule has 0 spiro atoms. The molecule has 1 aromatic rings. The Morgan fingerprint density at radius 1 is 1.40 bits per heavy atom. The molecule has 1 amide bonds. The van der Waals surface area contributed by atoms with E-state index in [1.807, 2.05) is 13.0 Å². The first-order valence-electron chi connectivity index (χ1n) is 5.52. The summed E-state index contributed by atoms with van der Waals surface area (Å²) in [5.41, 5.74) is 4.56. The fraction of sp³-hybridized carbons (Fsp3) is 0.462. The number of amides is 1. The first kappa shape index (κ1) is 10.2. The summed E-state index contributed by atoms with van der Waals surface area (Å²) in [6.45, 7) is 7.10. The van der Waals surface area contributed by atoms with Crippen molar-refractivity contribution in [1.29, 1.82) is 0 Å². The van der Waals surface area contributed by atoms with Gasteiger partial charge in [0.25, 0.3) is 5.91 Å². The van der Waals surface area contributed by atoms with Crippen molar-refractivity contribution in [3.05, 3.63) is 34.4 Å². The van der Waals surface area contributed by atoms with E-state index in [1.54, 1.807) is 0 Å². The highest BCUT2D eigenvalue weighted by Gasteiger charge is 2.25. The van der Waals surface area contributed by atoms with Gasteiger partial charge >= 0.3 is 0 Å². The third kappa shape index (κ3) is 1.65. The third-order valence-corrected chi connectivity index (χ3v) is 3.19. The highest BCUT2D eigenvalue weighted by molar-refractivity contribution is 5.97. The Morgan fingerprint density at radius 3 is 2.80 bits per heavy atom. The van der Waals surface area contributed by atoms with Crippen LogP contribution in [0.15, 0.2) is 12.1 Å². The highest BCUT2D eigenvalue weighted by atomic mass is 16.1. The van der Waals surface area contributed by atoms with Crippen molar-refractivity contribution in [2.75, 3.05) is 6.54 Å². The van der Waals surface area contributed by atoms with E-state index < -0.39 is 0 Å². The fourth-order valence-corrected chi connectivity index (χ4v) is 2.47. The Labute approximate surface area is 90.7 Å². The minimum atomic E-state index is 0.0847. The van der Waals surface area contributed by atoms with Crippen LogP contribution in [0.4, 0.5) is 0 Å². The average Bonchev–Trinajstić information content (AvgIpc) is 2.19. The summed E-state index contributed by atoms with van der Waals surface area (Å²) in [6.07, 6.45) is 1.08. The number of carbonyl (C=O) groups is 1. The van der Waals surface area contributed by atoms with Crippen LogP contribution in [0.25, 0.3) is 0 Å². The van der Waals surface area contributed by atoms with Crippen molar-refractivity contribution in [3.63, 3.8) is 0 Å². The molecule has 1 aliphatic heterocycles. The van der Waals surface area contributed by atoms with E-state index in [0.29, 0.717) is 5.92 Å². The van der Waals surface area contributed by atoms with Crippen molar-refractivity contribution in [2.24, 2.45) is 0 Å². The molecule has 1 N–H and O–H groups in total. The van der Waals surface area contributed by atoms with Gasteiger partial charge in [0.15, 0.2) is 0 Å². The Bertz CT molecular complexity index is 409. The van der Waals surface area contributed by atoms with Gasteiger partial charge in [-0.2, -0.15) is 0 Å². The van der Waals surface area contributed by atoms with Crippen LogP contribution in [0, 0.1) is 13.8 Å². The fourth-order valence-electron chi connectivity index (χ4n) is 2.47. The molecule has 2 rings (SSSR count). The number of hydrogen-bond donors (Lipinski definition) is 1. The molecule has 0 bridgehead atoms. The zero-order valence-corrected chi connectivity index (χ0v) is 9.55. The molecule has 0 fully saturated rings. The molecule has 1 aliphatic rings. The van der Waals surface area contributed by atoms with E-state index in [0.717, 1.165) is 24.1 Å². The van der Waals surface area contributed by atoms with Gasteiger partial charge < -0.3 is 5.32 Å². The lowest BCUT2D eigenvalue weighted by Gasteiger charge is -2.27. The second-order valence-corrected chi connectivity index (χ2v) is 4.36. The quantitative estimate of drug-likeness (QED) is 0.746. The minimum Gasteiger partial charge on any atom is -0.351 e. The number of carbonyl (C=O) groups excluding carboxylic acids is 1. The molecule has 2 nitrogen and oxygen atoms in total. The van der Waals surface area contributed by atoms with E-state index in [-0.39, 0.29) is 5.91 Å². The van der Waals surface area contributed by atoms with Crippen LogP contribution in [-0.2, 0) is 0 Å². The molecule has 80 valence electrons. The zero-order valence-electron chi connectivity index (χ0n) is 9.55. The molecule has 0 aromatic heterocycles. The largest absolute Gasteiger partial charge is 0.351 e.